The highest BCUT2D eigenvalue weighted by atomic mass is 16.1. The quantitative estimate of drug-likeness (QED) is 0.268. The standard InChI is InChI=1S/C8H15N3O/c1-4-8(12)11-6-5-10-7(2)9-3/h4H,1,5-6H2,2-3H3,(H,9,10)(H,11,12). The van der Waals surface area contributed by atoms with E-state index in [9.17, 15) is 4.79 Å². The highest BCUT2D eigenvalue weighted by Crippen LogP contribution is 1.68. The Hall–Kier alpha value is -1.32. The molecule has 0 saturated carbocycles. The predicted molar refractivity (Wildman–Crippen MR) is 50.2 cm³/mol. The summed E-state index contributed by atoms with van der Waals surface area (Å²) in [5, 5.41) is 5.65. The topological polar surface area (TPSA) is 53.5 Å². The summed E-state index contributed by atoms with van der Waals surface area (Å²) in [6, 6.07) is 0. The van der Waals surface area contributed by atoms with Gasteiger partial charge in [0.05, 0.1) is 5.84 Å². The molecule has 0 heterocycles. The summed E-state index contributed by atoms with van der Waals surface area (Å²) >= 11 is 0. The van der Waals surface area contributed by atoms with E-state index in [0.717, 1.165) is 5.84 Å². The van der Waals surface area contributed by atoms with Crippen molar-refractivity contribution in [2.24, 2.45) is 4.99 Å². The van der Waals surface area contributed by atoms with Crippen molar-refractivity contribution in [3.05, 3.63) is 12.7 Å². The van der Waals surface area contributed by atoms with Gasteiger partial charge in [0.25, 0.3) is 0 Å². The average molecular weight is 169 g/mol. The van der Waals surface area contributed by atoms with Crippen molar-refractivity contribution >= 4 is 11.7 Å². The molecule has 68 valence electrons. The van der Waals surface area contributed by atoms with Gasteiger partial charge in [-0.2, -0.15) is 0 Å². The van der Waals surface area contributed by atoms with Gasteiger partial charge in [-0.15, -0.1) is 0 Å². The molecule has 0 fully saturated rings. The summed E-state index contributed by atoms with van der Waals surface area (Å²) in [7, 11) is 1.71. The molecule has 0 aliphatic carbocycles. The third kappa shape index (κ3) is 5.46. The number of carbonyl (C=O) groups excluding carboxylic acids is 1. The molecule has 2 N–H and O–H groups in total. The van der Waals surface area contributed by atoms with Crippen LogP contribution in [0.4, 0.5) is 0 Å². The van der Waals surface area contributed by atoms with E-state index in [4.69, 9.17) is 0 Å². The van der Waals surface area contributed by atoms with Crippen LogP contribution >= 0.6 is 0 Å². The average Bonchev–Trinajstić information content (AvgIpc) is 2.11. The fraction of sp³-hybridized carbons (Fsp3) is 0.500. The molecule has 12 heavy (non-hydrogen) atoms. The normalized spacial score (nSPS) is 10.7. The minimum atomic E-state index is -0.150. The molecule has 0 aliphatic heterocycles. The largest absolute Gasteiger partial charge is 0.372 e. The maximum atomic E-state index is 10.6. The van der Waals surface area contributed by atoms with Gasteiger partial charge >= 0.3 is 0 Å². The molecule has 0 rings (SSSR count). The Kier molecular flexibility index (Phi) is 5.69. The zero-order chi connectivity index (χ0) is 9.40. The minimum absolute atomic E-state index is 0.150. The smallest absolute Gasteiger partial charge is 0.243 e. The van der Waals surface area contributed by atoms with Crippen LogP contribution < -0.4 is 10.6 Å². The fourth-order valence-corrected chi connectivity index (χ4v) is 0.580. The Morgan fingerprint density at radius 2 is 2.08 bits per heavy atom. The number of amides is 1. The lowest BCUT2D eigenvalue weighted by molar-refractivity contribution is -0.116. The van der Waals surface area contributed by atoms with E-state index in [-0.39, 0.29) is 5.91 Å². The van der Waals surface area contributed by atoms with Crippen molar-refractivity contribution in [3.63, 3.8) is 0 Å². The van der Waals surface area contributed by atoms with Gasteiger partial charge in [-0.25, -0.2) is 0 Å². The molecule has 0 unspecified atom stereocenters. The van der Waals surface area contributed by atoms with E-state index < -0.39 is 0 Å². The second kappa shape index (κ2) is 6.39. The molecule has 4 nitrogen and oxygen atoms in total. The van der Waals surface area contributed by atoms with Crippen LogP contribution in [0.15, 0.2) is 17.6 Å². The van der Waals surface area contributed by atoms with Crippen LogP contribution in [0.3, 0.4) is 0 Å². The van der Waals surface area contributed by atoms with Gasteiger partial charge in [0.15, 0.2) is 0 Å². The van der Waals surface area contributed by atoms with Crippen LogP contribution in [0.1, 0.15) is 6.92 Å². The van der Waals surface area contributed by atoms with Gasteiger partial charge in [-0.05, 0) is 13.0 Å². The summed E-state index contributed by atoms with van der Waals surface area (Å²) in [6.07, 6.45) is 1.25. The first kappa shape index (κ1) is 10.7. The van der Waals surface area contributed by atoms with Crippen molar-refractivity contribution in [3.8, 4) is 0 Å². The molecule has 4 heteroatoms. The second-order valence-electron chi connectivity index (χ2n) is 2.23. The van der Waals surface area contributed by atoms with Crippen LogP contribution in [-0.4, -0.2) is 31.9 Å². The summed E-state index contributed by atoms with van der Waals surface area (Å²) < 4.78 is 0. The zero-order valence-corrected chi connectivity index (χ0v) is 7.55. The van der Waals surface area contributed by atoms with Crippen LogP contribution in [0.2, 0.25) is 0 Å². The first-order valence-electron chi connectivity index (χ1n) is 3.78. The Morgan fingerprint density at radius 1 is 1.50 bits per heavy atom. The van der Waals surface area contributed by atoms with E-state index in [2.05, 4.69) is 22.2 Å². The number of rotatable bonds is 4. The van der Waals surface area contributed by atoms with Gasteiger partial charge in [0.2, 0.25) is 5.91 Å². The summed E-state index contributed by atoms with van der Waals surface area (Å²) in [6.45, 7) is 6.47. The highest BCUT2D eigenvalue weighted by molar-refractivity contribution is 5.86. The lowest BCUT2D eigenvalue weighted by atomic mass is 10.5. The van der Waals surface area contributed by atoms with Gasteiger partial charge in [0, 0.05) is 20.1 Å². The van der Waals surface area contributed by atoms with Crippen LogP contribution in [0, 0.1) is 0 Å². The lowest BCUT2D eigenvalue weighted by Crippen LogP contribution is -2.32. The molecule has 0 aromatic heterocycles. The number of nitrogens with one attached hydrogen (secondary N) is 2. The summed E-state index contributed by atoms with van der Waals surface area (Å²) in [5.41, 5.74) is 0. The molecule has 0 radical (unpaired) electrons. The van der Waals surface area contributed by atoms with E-state index in [1.165, 1.54) is 6.08 Å². The second-order valence-corrected chi connectivity index (χ2v) is 2.23. The van der Waals surface area contributed by atoms with E-state index >= 15 is 0 Å². The van der Waals surface area contributed by atoms with Gasteiger partial charge < -0.3 is 10.6 Å². The molecule has 0 aromatic rings. The lowest BCUT2D eigenvalue weighted by Gasteiger charge is -2.04. The SMILES string of the molecule is C=CC(=O)NCCNC(C)=NC. The zero-order valence-electron chi connectivity index (χ0n) is 7.55. The number of carbonyl (C=O) groups is 1. The Morgan fingerprint density at radius 3 is 2.58 bits per heavy atom. The fourth-order valence-electron chi connectivity index (χ4n) is 0.580. The molecule has 0 aromatic carbocycles. The van der Waals surface area contributed by atoms with Crippen molar-refractivity contribution < 1.29 is 4.79 Å². The molecule has 0 saturated heterocycles. The number of hydrogen-bond donors (Lipinski definition) is 2. The van der Waals surface area contributed by atoms with E-state index in [1.54, 1.807) is 7.05 Å². The van der Waals surface area contributed by atoms with E-state index in [1.807, 2.05) is 6.92 Å². The Labute approximate surface area is 72.8 Å². The Balaban J connectivity index is 3.33. The van der Waals surface area contributed by atoms with Crippen LogP contribution in [0.5, 0.6) is 0 Å². The van der Waals surface area contributed by atoms with Crippen molar-refractivity contribution in [2.75, 3.05) is 20.1 Å². The number of amidine groups is 1. The van der Waals surface area contributed by atoms with Crippen molar-refractivity contribution in [2.45, 2.75) is 6.92 Å². The summed E-state index contributed by atoms with van der Waals surface area (Å²) in [4.78, 5) is 14.5. The van der Waals surface area contributed by atoms with Gasteiger partial charge in [0.1, 0.15) is 0 Å². The van der Waals surface area contributed by atoms with Gasteiger partial charge in [-0.1, -0.05) is 6.58 Å². The van der Waals surface area contributed by atoms with Crippen LogP contribution in [0.25, 0.3) is 0 Å². The molecular weight excluding hydrogens is 154 g/mol. The molecule has 0 spiro atoms. The predicted octanol–water partition coefficient (Wildman–Crippen LogP) is -0.0736. The number of aliphatic imine (C=N–C) groups is 1. The molecule has 0 aliphatic rings. The maximum absolute atomic E-state index is 10.6. The molecule has 1 amide bonds. The van der Waals surface area contributed by atoms with Gasteiger partial charge in [-0.3, -0.25) is 9.79 Å². The number of hydrogen-bond acceptors (Lipinski definition) is 2. The van der Waals surface area contributed by atoms with Crippen LogP contribution in [-0.2, 0) is 4.79 Å². The molecular formula is C8H15N3O. The summed E-state index contributed by atoms with van der Waals surface area (Å²) in [5.74, 6) is 0.714. The third-order valence-electron chi connectivity index (χ3n) is 1.33. The monoisotopic (exact) mass is 169 g/mol. The third-order valence-corrected chi connectivity index (χ3v) is 1.33. The van der Waals surface area contributed by atoms with Crippen molar-refractivity contribution in [1.29, 1.82) is 0 Å². The first-order chi connectivity index (χ1) is 5.70. The molecule has 0 atom stereocenters. The van der Waals surface area contributed by atoms with Crippen molar-refractivity contribution in [1.82, 2.24) is 10.6 Å². The maximum Gasteiger partial charge on any atom is 0.243 e. The number of nitrogens with zero attached hydrogens (tertiary/aromatic N) is 1. The minimum Gasteiger partial charge on any atom is -0.372 e. The first-order valence-corrected chi connectivity index (χ1v) is 3.78. The Bertz CT molecular complexity index is 183. The molecule has 0 bridgehead atoms. The van der Waals surface area contributed by atoms with E-state index in [0.29, 0.717) is 13.1 Å². The highest BCUT2D eigenvalue weighted by Gasteiger charge is 1.91.